The Balaban J connectivity index is 1.97. The molecule has 0 radical (unpaired) electrons. The van der Waals surface area contributed by atoms with Crippen LogP contribution in [0.5, 0.6) is 0 Å². The summed E-state index contributed by atoms with van der Waals surface area (Å²) in [5, 5.41) is 0. The van der Waals surface area contributed by atoms with Crippen molar-refractivity contribution in [3.05, 3.63) is 59.7 Å². The fraction of sp³-hybridized carbons (Fsp3) is 0.333. The van der Waals surface area contributed by atoms with Crippen LogP contribution in [0.4, 0.5) is 18.9 Å². The number of aryl methyl sites for hydroxylation is 1. The van der Waals surface area contributed by atoms with Crippen LogP contribution in [-0.4, -0.2) is 63.3 Å². The standard InChI is InChI=1S/C21H22F3N3O4S/c1-16-5-7-19(8-6-16)32(30,31)27(18-4-2-3-17(13-18)21(22,23)24)14-20(29)26-11-9-25(15-28)10-12-26/h2-8,13,15H,9-12,14H2,1H3. The van der Waals surface area contributed by atoms with E-state index in [1.807, 2.05) is 0 Å². The van der Waals surface area contributed by atoms with Crippen LogP contribution in [0.15, 0.2) is 53.4 Å². The van der Waals surface area contributed by atoms with Gasteiger partial charge in [-0.25, -0.2) is 8.42 Å². The van der Waals surface area contributed by atoms with Gasteiger partial charge in [-0.1, -0.05) is 23.8 Å². The minimum absolute atomic E-state index is 0.140. The van der Waals surface area contributed by atoms with E-state index in [0.717, 1.165) is 17.7 Å². The summed E-state index contributed by atoms with van der Waals surface area (Å²) in [5.74, 6) is -0.566. The number of halogens is 3. The van der Waals surface area contributed by atoms with Gasteiger partial charge < -0.3 is 9.80 Å². The van der Waals surface area contributed by atoms with Gasteiger partial charge in [0.2, 0.25) is 12.3 Å². The van der Waals surface area contributed by atoms with E-state index in [-0.39, 0.29) is 23.7 Å². The number of piperazine rings is 1. The minimum Gasteiger partial charge on any atom is -0.342 e. The van der Waals surface area contributed by atoms with Gasteiger partial charge in [-0.05, 0) is 37.3 Å². The molecule has 1 aliphatic rings. The lowest BCUT2D eigenvalue weighted by atomic mass is 10.2. The monoisotopic (exact) mass is 469 g/mol. The number of hydrogen-bond donors (Lipinski definition) is 0. The Hall–Kier alpha value is -3.08. The van der Waals surface area contributed by atoms with E-state index in [1.165, 1.54) is 28.0 Å². The molecule has 0 N–H and O–H groups in total. The Bertz CT molecular complexity index is 1080. The van der Waals surface area contributed by atoms with Crippen LogP contribution in [0.2, 0.25) is 0 Å². The highest BCUT2D eigenvalue weighted by Gasteiger charge is 2.34. The molecule has 0 spiro atoms. The lowest BCUT2D eigenvalue weighted by molar-refractivity contribution is -0.137. The largest absolute Gasteiger partial charge is 0.416 e. The van der Waals surface area contributed by atoms with Crippen molar-refractivity contribution in [1.29, 1.82) is 0 Å². The van der Waals surface area contributed by atoms with Crippen LogP contribution in [-0.2, 0) is 25.8 Å². The summed E-state index contributed by atoms with van der Waals surface area (Å²) in [6.07, 6.45) is -4.01. The van der Waals surface area contributed by atoms with Gasteiger partial charge in [0.15, 0.2) is 0 Å². The third-order valence-corrected chi connectivity index (χ3v) is 6.95. The smallest absolute Gasteiger partial charge is 0.342 e. The van der Waals surface area contributed by atoms with Gasteiger partial charge >= 0.3 is 6.18 Å². The Morgan fingerprint density at radius 3 is 2.25 bits per heavy atom. The van der Waals surface area contributed by atoms with Crippen molar-refractivity contribution in [2.75, 3.05) is 37.0 Å². The zero-order valence-electron chi connectivity index (χ0n) is 17.2. The normalized spacial score (nSPS) is 14.9. The van der Waals surface area contributed by atoms with Crippen molar-refractivity contribution >= 4 is 28.0 Å². The average Bonchev–Trinajstić information content (AvgIpc) is 2.77. The van der Waals surface area contributed by atoms with Gasteiger partial charge in [-0.15, -0.1) is 0 Å². The van der Waals surface area contributed by atoms with Gasteiger partial charge in [0, 0.05) is 26.2 Å². The molecule has 172 valence electrons. The molecule has 3 rings (SSSR count). The van der Waals surface area contributed by atoms with Crippen LogP contribution in [0, 0.1) is 6.92 Å². The Kier molecular flexibility index (Phi) is 6.77. The molecule has 11 heteroatoms. The minimum atomic E-state index is -4.68. The molecule has 2 aromatic carbocycles. The fourth-order valence-electron chi connectivity index (χ4n) is 3.29. The zero-order valence-corrected chi connectivity index (χ0v) is 18.1. The van der Waals surface area contributed by atoms with E-state index in [1.54, 1.807) is 19.1 Å². The van der Waals surface area contributed by atoms with E-state index in [2.05, 4.69) is 0 Å². The molecule has 1 aliphatic heterocycles. The van der Waals surface area contributed by atoms with E-state index < -0.39 is 34.2 Å². The molecule has 2 aromatic rings. The summed E-state index contributed by atoms with van der Waals surface area (Å²) in [7, 11) is -4.33. The topological polar surface area (TPSA) is 78.0 Å². The molecule has 0 aromatic heterocycles. The maximum Gasteiger partial charge on any atom is 0.416 e. The van der Waals surface area contributed by atoms with Crippen molar-refractivity contribution in [2.24, 2.45) is 0 Å². The SMILES string of the molecule is Cc1ccc(S(=O)(=O)N(CC(=O)N2CCN(C=O)CC2)c2cccc(C(F)(F)F)c2)cc1. The van der Waals surface area contributed by atoms with Crippen molar-refractivity contribution in [2.45, 2.75) is 18.0 Å². The van der Waals surface area contributed by atoms with Crippen LogP contribution >= 0.6 is 0 Å². The highest BCUT2D eigenvalue weighted by atomic mass is 32.2. The summed E-state index contributed by atoms with van der Waals surface area (Å²) in [6, 6.07) is 9.69. The van der Waals surface area contributed by atoms with Gasteiger partial charge in [0.1, 0.15) is 6.54 Å². The molecule has 0 atom stereocenters. The summed E-state index contributed by atoms with van der Waals surface area (Å²) in [5.41, 5.74) is -0.481. The number of nitrogens with zero attached hydrogens (tertiary/aromatic N) is 3. The van der Waals surface area contributed by atoms with Crippen molar-refractivity contribution in [3.63, 3.8) is 0 Å². The van der Waals surface area contributed by atoms with E-state index in [0.29, 0.717) is 29.9 Å². The molecule has 0 aliphatic carbocycles. The lowest BCUT2D eigenvalue weighted by Crippen LogP contribution is -2.51. The molecule has 0 unspecified atom stereocenters. The van der Waals surface area contributed by atoms with Crippen LogP contribution in [0.1, 0.15) is 11.1 Å². The zero-order chi connectivity index (χ0) is 23.5. The molecule has 1 saturated heterocycles. The second-order valence-electron chi connectivity index (χ2n) is 7.39. The number of amides is 2. The number of hydrogen-bond acceptors (Lipinski definition) is 4. The van der Waals surface area contributed by atoms with E-state index in [9.17, 15) is 31.2 Å². The van der Waals surface area contributed by atoms with Gasteiger partial charge in [-0.3, -0.25) is 13.9 Å². The third-order valence-electron chi connectivity index (χ3n) is 5.17. The van der Waals surface area contributed by atoms with Gasteiger partial charge in [0.25, 0.3) is 10.0 Å². The molecular weight excluding hydrogens is 447 g/mol. The molecule has 2 amide bonds. The predicted octanol–water partition coefficient (Wildman–Crippen LogP) is 2.51. The fourth-order valence-corrected chi connectivity index (χ4v) is 4.70. The number of anilines is 1. The average molecular weight is 469 g/mol. The first-order valence-corrected chi connectivity index (χ1v) is 11.2. The van der Waals surface area contributed by atoms with Crippen molar-refractivity contribution in [3.8, 4) is 0 Å². The Morgan fingerprint density at radius 1 is 1.06 bits per heavy atom. The molecule has 7 nitrogen and oxygen atoms in total. The predicted molar refractivity (Wildman–Crippen MR) is 111 cm³/mol. The van der Waals surface area contributed by atoms with Crippen LogP contribution in [0.25, 0.3) is 0 Å². The summed E-state index contributed by atoms with van der Waals surface area (Å²) >= 11 is 0. The van der Waals surface area contributed by atoms with E-state index >= 15 is 0 Å². The number of carbonyl (C=O) groups excluding carboxylic acids is 2. The molecule has 0 saturated carbocycles. The van der Waals surface area contributed by atoms with Crippen LogP contribution < -0.4 is 4.31 Å². The summed E-state index contributed by atoms with van der Waals surface area (Å²) in [4.78, 5) is 26.5. The lowest BCUT2D eigenvalue weighted by Gasteiger charge is -2.34. The first kappa shape index (κ1) is 23.6. The molecule has 1 fully saturated rings. The second-order valence-corrected chi connectivity index (χ2v) is 9.26. The first-order chi connectivity index (χ1) is 15.0. The van der Waals surface area contributed by atoms with Gasteiger partial charge in [-0.2, -0.15) is 13.2 Å². The maximum absolute atomic E-state index is 13.3. The highest BCUT2D eigenvalue weighted by molar-refractivity contribution is 7.92. The number of rotatable bonds is 6. The quantitative estimate of drug-likeness (QED) is 0.610. The summed E-state index contributed by atoms with van der Waals surface area (Å²) in [6.45, 7) is 2.10. The van der Waals surface area contributed by atoms with Crippen molar-refractivity contribution in [1.82, 2.24) is 9.80 Å². The molecule has 32 heavy (non-hydrogen) atoms. The number of carbonyl (C=O) groups is 2. The third kappa shape index (κ3) is 5.21. The first-order valence-electron chi connectivity index (χ1n) is 9.76. The molecular formula is C21H22F3N3O4S. The Labute approximate surface area is 184 Å². The van der Waals surface area contributed by atoms with E-state index in [4.69, 9.17) is 0 Å². The number of benzene rings is 2. The second kappa shape index (κ2) is 9.19. The molecule has 1 heterocycles. The highest BCUT2D eigenvalue weighted by Crippen LogP contribution is 2.33. The molecule has 0 bridgehead atoms. The maximum atomic E-state index is 13.3. The Morgan fingerprint density at radius 2 is 1.69 bits per heavy atom. The number of sulfonamides is 1. The number of alkyl halides is 3. The van der Waals surface area contributed by atoms with Crippen LogP contribution in [0.3, 0.4) is 0 Å². The van der Waals surface area contributed by atoms with Crippen molar-refractivity contribution < 1.29 is 31.2 Å². The summed E-state index contributed by atoms with van der Waals surface area (Å²) < 4.78 is 67.1. The van der Waals surface area contributed by atoms with Gasteiger partial charge in [0.05, 0.1) is 16.1 Å².